The largest absolute Gasteiger partial charge is 0.494 e. The molecular formula is C20H16N2O. The Labute approximate surface area is 134 Å². The van der Waals surface area contributed by atoms with Crippen molar-refractivity contribution in [3.05, 3.63) is 78.9 Å². The second kappa shape index (κ2) is 5.61. The van der Waals surface area contributed by atoms with Crippen LogP contribution in [0.1, 0.15) is 0 Å². The molecule has 0 aliphatic rings. The number of nitrogens with zero attached hydrogens (tertiary/aromatic N) is 2. The molecular weight excluding hydrogens is 284 g/mol. The maximum atomic E-state index is 5.58. The van der Waals surface area contributed by atoms with Crippen molar-refractivity contribution in [1.82, 2.24) is 9.78 Å². The van der Waals surface area contributed by atoms with Crippen LogP contribution in [0.25, 0.3) is 27.8 Å². The van der Waals surface area contributed by atoms with Gasteiger partial charge in [0.05, 0.1) is 12.8 Å². The van der Waals surface area contributed by atoms with Crippen LogP contribution in [-0.4, -0.2) is 16.9 Å². The highest BCUT2D eigenvalue weighted by atomic mass is 16.5. The Bertz CT molecular complexity index is 943. The summed E-state index contributed by atoms with van der Waals surface area (Å²) in [5, 5.41) is 5.96. The molecule has 0 saturated carbocycles. The topological polar surface area (TPSA) is 27.1 Å². The Morgan fingerprint density at radius 1 is 0.783 bits per heavy atom. The van der Waals surface area contributed by atoms with E-state index in [-0.39, 0.29) is 0 Å². The molecule has 0 fully saturated rings. The van der Waals surface area contributed by atoms with Crippen LogP contribution in [0.3, 0.4) is 0 Å². The summed E-state index contributed by atoms with van der Waals surface area (Å²) >= 11 is 0. The van der Waals surface area contributed by atoms with Gasteiger partial charge in [-0.25, -0.2) is 4.68 Å². The summed E-state index contributed by atoms with van der Waals surface area (Å²) in [5.41, 5.74) is 4.06. The van der Waals surface area contributed by atoms with Crippen molar-refractivity contribution in [3.8, 4) is 22.7 Å². The van der Waals surface area contributed by atoms with Gasteiger partial charge in [0.25, 0.3) is 0 Å². The summed E-state index contributed by atoms with van der Waals surface area (Å²) in [5.74, 6) is 0.820. The molecule has 0 amide bonds. The van der Waals surface area contributed by atoms with Gasteiger partial charge in [-0.3, -0.25) is 0 Å². The van der Waals surface area contributed by atoms with Gasteiger partial charge in [0.1, 0.15) is 17.0 Å². The number of para-hydroxylation sites is 2. The zero-order valence-corrected chi connectivity index (χ0v) is 12.8. The molecule has 0 radical (unpaired) electrons. The molecule has 0 atom stereocenters. The first-order valence-electron chi connectivity index (χ1n) is 7.55. The van der Waals surface area contributed by atoms with Gasteiger partial charge in [0, 0.05) is 10.9 Å². The van der Waals surface area contributed by atoms with Gasteiger partial charge in [0.2, 0.25) is 0 Å². The fourth-order valence-corrected chi connectivity index (χ4v) is 2.87. The van der Waals surface area contributed by atoms with E-state index in [0.717, 1.165) is 33.6 Å². The first-order valence-corrected chi connectivity index (χ1v) is 7.55. The lowest BCUT2D eigenvalue weighted by Gasteiger charge is -2.06. The second-order valence-electron chi connectivity index (χ2n) is 5.32. The Morgan fingerprint density at radius 3 is 2.17 bits per heavy atom. The van der Waals surface area contributed by atoms with E-state index in [1.54, 1.807) is 7.11 Å². The van der Waals surface area contributed by atoms with Gasteiger partial charge in [0.15, 0.2) is 0 Å². The molecule has 0 bridgehead atoms. The van der Waals surface area contributed by atoms with Gasteiger partial charge in [-0.1, -0.05) is 60.7 Å². The Morgan fingerprint density at radius 2 is 1.48 bits per heavy atom. The molecule has 0 N–H and O–H groups in total. The first-order chi connectivity index (χ1) is 11.4. The predicted molar refractivity (Wildman–Crippen MR) is 93.1 cm³/mol. The first kappa shape index (κ1) is 13.6. The molecule has 3 aromatic carbocycles. The smallest absolute Gasteiger partial charge is 0.145 e. The van der Waals surface area contributed by atoms with Gasteiger partial charge >= 0.3 is 0 Å². The van der Waals surface area contributed by atoms with Crippen molar-refractivity contribution < 1.29 is 4.74 Å². The minimum Gasteiger partial charge on any atom is -0.494 e. The molecule has 3 heteroatoms. The molecule has 0 saturated heterocycles. The lowest BCUT2D eigenvalue weighted by Crippen LogP contribution is -1.97. The molecule has 1 aromatic heterocycles. The number of methoxy groups -OCH3 is 1. The third-order valence-corrected chi connectivity index (χ3v) is 3.93. The minimum atomic E-state index is 0.820. The lowest BCUT2D eigenvalue weighted by atomic mass is 10.1. The monoisotopic (exact) mass is 300 g/mol. The number of benzene rings is 3. The Kier molecular flexibility index (Phi) is 3.31. The summed E-state index contributed by atoms with van der Waals surface area (Å²) in [6.07, 6.45) is 0. The summed E-state index contributed by atoms with van der Waals surface area (Å²) in [6.45, 7) is 0. The van der Waals surface area contributed by atoms with E-state index in [4.69, 9.17) is 9.84 Å². The van der Waals surface area contributed by atoms with E-state index < -0.39 is 0 Å². The minimum absolute atomic E-state index is 0.820. The maximum absolute atomic E-state index is 5.58. The number of hydrogen-bond acceptors (Lipinski definition) is 2. The zero-order valence-electron chi connectivity index (χ0n) is 12.8. The van der Waals surface area contributed by atoms with E-state index >= 15 is 0 Å². The highest BCUT2D eigenvalue weighted by Gasteiger charge is 2.16. The van der Waals surface area contributed by atoms with Crippen molar-refractivity contribution in [1.29, 1.82) is 0 Å². The van der Waals surface area contributed by atoms with E-state index in [2.05, 4.69) is 18.2 Å². The number of aromatic nitrogens is 2. The summed E-state index contributed by atoms with van der Waals surface area (Å²) < 4.78 is 7.53. The number of ether oxygens (including phenoxy) is 1. The van der Waals surface area contributed by atoms with Gasteiger partial charge in [-0.15, -0.1) is 0 Å². The molecule has 0 unspecified atom stereocenters. The van der Waals surface area contributed by atoms with Crippen LogP contribution in [0, 0.1) is 0 Å². The Balaban J connectivity index is 2.07. The fraction of sp³-hybridized carbons (Fsp3) is 0.0500. The average Bonchev–Trinajstić information content (AvgIpc) is 3.03. The normalized spacial score (nSPS) is 10.8. The fourth-order valence-electron chi connectivity index (χ4n) is 2.87. The van der Waals surface area contributed by atoms with E-state index in [0.29, 0.717) is 0 Å². The summed E-state index contributed by atoms with van der Waals surface area (Å²) in [7, 11) is 1.69. The predicted octanol–water partition coefficient (Wildman–Crippen LogP) is 4.70. The quantitative estimate of drug-likeness (QED) is 0.548. The van der Waals surface area contributed by atoms with Gasteiger partial charge in [-0.05, 0) is 18.2 Å². The zero-order chi connectivity index (χ0) is 15.6. The van der Waals surface area contributed by atoms with Crippen LogP contribution in [0.5, 0.6) is 5.75 Å². The third kappa shape index (κ3) is 2.27. The third-order valence-electron chi connectivity index (χ3n) is 3.93. The maximum Gasteiger partial charge on any atom is 0.145 e. The van der Waals surface area contributed by atoms with E-state index in [1.807, 2.05) is 65.3 Å². The Hall–Kier alpha value is -3.07. The molecule has 0 spiro atoms. The number of hydrogen-bond donors (Lipinski definition) is 0. The summed E-state index contributed by atoms with van der Waals surface area (Å²) in [4.78, 5) is 0. The van der Waals surface area contributed by atoms with Crippen molar-refractivity contribution in [2.75, 3.05) is 7.11 Å². The molecule has 4 aromatic rings. The van der Waals surface area contributed by atoms with Gasteiger partial charge in [-0.2, -0.15) is 5.10 Å². The SMILES string of the molecule is COc1cccc2c(-c3ccccc3)nn(-c3ccccc3)c12. The molecule has 112 valence electrons. The van der Waals surface area contributed by atoms with Crippen molar-refractivity contribution >= 4 is 10.9 Å². The highest BCUT2D eigenvalue weighted by Crippen LogP contribution is 2.34. The van der Waals surface area contributed by atoms with Gasteiger partial charge < -0.3 is 4.74 Å². The van der Waals surface area contributed by atoms with Crippen molar-refractivity contribution in [3.63, 3.8) is 0 Å². The van der Waals surface area contributed by atoms with Crippen LogP contribution in [0.15, 0.2) is 78.9 Å². The van der Waals surface area contributed by atoms with Crippen LogP contribution in [0.2, 0.25) is 0 Å². The lowest BCUT2D eigenvalue weighted by molar-refractivity contribution is 0.418. The molecule has 3 nitrogen and oxygen atoms in total. The summed E-state index contributed by atoms with van der Waals surface area (Å²) in [6, 6.07) is 26.4. The van der Waals surface area contributed by atoms with Crippen molar-refractivity contribution in [2.45, 2.75) is 0 Å². The number of rotatable bonds is 3. The van der Waals surface area contributed by atoms with Crippen LogP contribution in [0.4, 0.5) is 0 Å². The van der Waals surface area contributed by atoms with E-state index in [9.17, 15) is 0 Å². The average molecular weight is 300 g/mol. The second-order valence-corrected chi connectivity index (χ2v) is 5.32. The molecule has 0 aliphatic heterocycles. The van der Waals surface area contributed by atoms with E-state index in [1.165, 1.54) is 0 Å². The standard InChI is InChI=1S/C20H16N2O/c1-23-18-14-8-13-17-19(15-9-4-2-5-10-15)21-22(20(17)18)16-11-6-3-7-12-16/h2-14H,1H3. The molecule has 23 heavy (non-hydrogen) atoms. The van der Waals surface area contributed by atoms with Crippen molar-refractivity contribution in [2.24, 2.45) is 0 Å². The number of fused-ring (bicyclic) bond motifs is 1. The molecule has 1 heterocycles. The molecule has 4 rings (SSSR count). The van der Waals surface area contributed by atoms with Crippen LogP contribution in [-0.2, 0) is 0 Å². The van der Waals surface area contributed by atoms with Crippen LogP contribution >= 0.6 is 0 Å². The molecule has 0 aliphatic carbocycles. The van der Waals surface area contributed by atoms with Crippen LogP contribution < -0.4 is 4.74 Å². The highest BCUT2D eigenvalue weighted by molar-refractivity contribution is 5.97.